The van der Waals surface area contributed by atoms with E-state index < -0.39 is 5.97 Å². The van der Waals surface area contributed by atoms with Crippen molar-refractivity contribution >= 4 is 55.2 Å². The molecule has 0 bridgehead atoms. The van der Waals surface area contributed by atoms with Crippen LogP contribution in [0.4, 0.5) is 5.69 Å². The molecule has 0 unspecified atom stereocenters. The van der Waals surface area contributed by atoms with Crippen LogP contribution in [0.25, 0.3) is 0 Å². The maximum Gasteiger partial charge on any atom is 0.338 e. The maximum absolute atomic E-state index is 11.7. The lowest BCUT2D eigenvalue weighted by atomic mass is 10.00. The first kappa shape index (κ1) is 16.8. The minimum Gasteiger partial charge on any atom is -0.465 e. The van der Waals surface area contributed by atoms with Crippen LogP contribution in [-0.2, 0) is 20.7 Å². The van der Waals surface area contributed by atoms with Gasteiger partial charge in [-0.25, -0.2) is 4.79 Å². The van der Waals surface area contributed by atoms with Crippen molar-refractivity contribution in [2.45, 2.75) is 6.42 Å². The van der Waals surface area contributed by atoms with E-state index in [-0.39, 0.29) is 34.3 Å². The van der Waals surface area contributed by atoms with Gasteiger partial charge >= 0.3 is 5.97 Å². The van der Waals surface area contributed by atoms with E-state index in [0.29, 0.717) is 11.3 Å². The first-order valence-corrected chi connectivity index (χ1v) is 7.91. The molecule has 5 nitrogen and oxygen atoms in total. The molecule has 0 radical (unpaired) electrons. The second-order valence-electron chi connectivity index (χ2n) is 3.85. The molecule has 20 heavy (non-hydrogen) atoms. The molecule has 108 valence electrons. The molecule has 1 amide bonds. The number of methoxy groups -OCH3 is 1. The molecular formula is C13H13Br2NO4. The van der Waals surface area contributed by atoms with Crippen LogP contribution in [-0.4, -0.2) is 35.4 Å². The van der Waals surface area contributed by atoms with Crippen LogP contribution in [0.5, 0.6) is 0 Å². The second-order valence-corrected chi connectivity index (χ2v) is 4.98. The summed E-state index contributed by atoms with van der Waals surface area (Å²) in [4.78, 5) is 34.8. The largest absolute Gasteiger partial charge is 0.465 e. The summed E-state index contributed by atoms with van der Waals surface area (Å²) >= 11 is 6.12. The van der Waals surface area contributed by atoms with Crippen LogP contribution in [0.1, 0.15) is 15.9 Å². The zero-order chi connectivity index (χ0) is 15.1. The predicted octanol–water partition coefficient (Wildman–Crippen LogP) is 2.31. The van der Waals surface area contributed by atoms with Crippen LogP contribution >= 0.6 is 31.9 Å². The quantitative estimate of drug-likeness (QED) is 0.581. The van der Waals surface area contributed by atoms with Crippen molar-refractivity contribution in [1.29, 1.82) is 0 Å². The number of carbonyl (C=O) groups is 3. The summed E-state index contributed by atoms with van der Waals surface area (Å²) in [5.74, 6) is -0.910. The summed E-state index contributed by atoms with van der Waals surface area (Å²) in [5, 5.41) is 2.95. The average Bonchev–Trinajstić information content (AvgIpc) is 2.47. The molecule has 0 atom stereocenters. The van der Waals surface area contributed by atoms with Gasteiger partial charge in [-0.05, 0) is 17.7 Å². The Labute approximate surface area is 133 Å². The molecule has 0 aromatic heterocycles. The normalized spacial score (nSPS) is 9.95. The number of Topliss-reactive ketones (excluding diaryl/α,β-unsaturated/α-hetero) is 1. The maximum atomic E-state index is 11.7. The van der Waals surface area contributed by atoms with Crippen molar-refractivity contribution in [3.05, 3.63) is 29.3 Å². The Morgan fingerprint density at radius 3 is 2.45 bits per heavy atom. The number of amides is 1. The van der Waals surface area contributed by atoms with Gasteiger partial charge in [0.1, 0.15) is 5.78 Å². The minimum atomic E-state index is -0.544. The second kappa shape index (κ2) is 8.16. The van der Waals surface area contributed by atoms with Crippen molar-refractivity contribution in [3.8, 4) is 0 Å². The fraction of sp³-hybridized carbons (Fsp3) is 0.308. The smallest absolute Gasteiger partial charge is 0.338 e. The molecule has 0 fully saturated rings. The van der Waals surface area contributed by atoms with E-state index in [1.165, 1.54) is 7.11 Å². The third kappa shape index (κ3) is 4.42. The van der Waals surface area contributed by atoms with Gasteiger partial charge in [0, 0.05) is 12.1 Å². The number of hydrogen-bond donors (Lipinski definition) is 1. The monoisotopic (exact) mass is 405 g/mol. The van der Waals surface area contributed by atoms with Crippen LogP contribution in [0.15, 0.2) is 18.2 Å². The number of ether oxygens (including phenoxy) is 1. The number of hydrogen-bond acceptors (Lipinski definition) is 4. The molecule has 1 N–H and O–H groups in total. The highest BCUT2D eigenvalue weighted by molar-refractivity contribution is 9.09. The first-order valence-electron chi connectivity index (χ1n) is 5.67. The molecule has 0 aliphatic rings. The van der Waals surface area contributed by atoms with E-state index in [9.17, 15) is 14.4 Å². The number of alkyl halides is 2. The first-order chi connectivity index (χ1) is 9.53. The molecule has 1 aromatic rings. The van der Waals surface area contributed by atoms with Crippen LogP contribution in [0.3, 0.4) is 0 Å². The van der Waals surface area contributed by atoms with Crippen LogP contribution in [0, 0.1) is 0 Å². The molecule has 0 aliphatic heterocycles. The van der Waals surface area contributed by atoms with Gasteiger partial charge in [-0.3, -0.25) is 9.59 Å². The molecule has 7 heteroatoms. The van der Waals surface area contributed by atoms with E-state index in [4.69, 9.17) is 4.74 Å². The molecule has 0 heterocycles. The Hall–Kier alpha value is -1.21. The van der Waals surface area contributed by atoms with Crippen molar-refractivity contribution in [2.75, 3.05) is 23.1 Å². The van der Waals surface area contributed by atoms with Crippen molar-refractivity contribution in [1.82, 2.24) is 0 Å². The van der Waals surface area contributed by atoms with Gasteiger partial charge in [0.2, 0.25) is 5.91 Å². The van der Waals surface area contributed by atoms with Crippen molar-refractivity contribution in [3.63, 3.8) is 0 Å². The fourth-order valence-corrected chi connectivity index (χ4v) is 1.96. The Balaban J connectivity index is 3.24. The van der Waals surface area contributed by atoms with E-state index in [0.717, 1.165) is 0 Å². The van der Waals surface area contributed by atoms with Gasteiger partial charge in [0.25, 0.3) is 0 Å². The molecule has 0 spiro atoms. The Morgan fingerprint density at radius 2 is 1.90 bits per heavy atom. The van der Waals surface area contributed by atoms with Gasteiger partial charge < -0.3 is 10.1 Å². The van der Waals surface area contributed by atoms with Gasteiger partial charge in [0.05, 0.1) is 23.3 Å². The lowest BCUT2D eigenvalue weighted by Crippen LogP contribution is -2.18. The summed E-state index contributed by atoms with van der Waals surface area (Å²) in [6.45, 7) is 0. The fourth-order valence-electron chi connectivity index (χ4n) is 1.62. The van der Waals surface area contributed by atoms with Crippen molar-refractivity contribution in [2.24, 2.45) is 0 Å². The molecule has 0 saturated carbocycles. The topological polar surface area (TPSA) is 72.5 Å². The number of halogens is 2. The van der Waals surface area contributed by atoms with Crippen LogP contribution in [0.2, 0.25) is 0 Å². The van der Waals surface area contributed by atoms with Crippen molar-refractivity contribution < 1.29 is 19.1 Å². The molecular weight excluding hydrogens is 394 g/mol. The highest BCUT2D eigenvalue weighted by Gasteiger charge is 2.18. The summed E-state index contributed by atoms with van der Waals surface area (Å²) < 4.78 is 4.69. The number of ketones is 1. The zero-order valence-corrected chi connectivity index (χ0v) is 13.9. The zero-order valence-electron chi connectivity index (χ0n) is 10.7. The third-order valence-electron chi connectivity index (χ3n) is 2.50. The lowest BCUT2D eigenvalue weighted by molar-refractivity contribution is -0.116. The third-order valence-corrected chi connectivity index (χ3v) is 3.63. The number of benzene rings is 1. The van der Waals surface area contributed by atoms with E-state index in [1.54, 1.807) is 18.2 Å². The number of carbonyl (C=O) groups excluding carboxylic acids is 3. The molecule has 0 aliphatic carbocycles. The summed E-state index contributed by atoms with van der Waals surface area (Å²) in [6.07, 6.45) is 0.0361. The Kier molecular flexibility index (Phi) is 6.87. The van der Waals surface area contributed by atoms with Gasteiger partial charge in [0.15, 0.2) is 0 Å². The van der Waals surface area contributed by atoms with Crippen LogP contribution < -0.4 is 5.32 Å². The van der Waals surface area contributed by atoms with E-state index >= 15 is 0 Å². The van der Waals surface area contributed by atoms with Gasteiger partial charge in [-0.15, -0.1) is 0 Å². The number of rotatable bonds is 6. The SMILES string of the molecule is COC(=O)c1cccc(NC(=O)CBr)c1CC(=O)CBr. The molecule has 1 aromatic carbocycles. The van der Waals surface area contributed by atoms with Gasteiger partial charge in [-0.1, -0.05) is 37.9 Å². The standard InChI is InChI=1S/C13H13Br2NO4/c1-20-13(19)9-3-2-4-11(16-12(18)7-15)10(9)5-8(17)6-14/h2-4H,5-7H2,1H3,(H,16,18). The number of esters is 1. The Bertz CT molecular complexity index is 531. The minimum absolute atomic E-state index is 0.0361. The summed E-state index contributed by atoms with van der Waals surface area (Å²) in [7, 11) is 1.27. The highest BCUT2D eigenvalue weighted by atomic mass is 79.9. The summed E-state index contributed by atoms with van der Waals surface area (Å²) in [6, 6.07) is 4.83. The van der Waals surface area contributed by atoms with E-state index in [2.05, 4.69) is 37.2 Å². The Morgan fingerprint density at radius 1 is 1.20 bits per heavy atom. The predicted molar refractivity (Wildman–Crippen MR) is 82.7 cm³/mol. The molecule has 0 saturated heterocycles. The van der Waals surface area contributed by atoms with E-state index in [1.807, 2.05) is 0 Å². The van der Waals surface area contributed by atoms with Gasteiger partial charge in [-0.2, -0.15) is 0 Å². The number of nitrogens with one attached hydrogen (secondary N) is 1. The summed E-state index contributed by atoms with van der Waals surface area (Å²) in [5.41, 5.74) is 1.17. The highest BCUT2D eigenvalue weighted by Crippen LogP contribution is 2.22. The molecule has 1 rings (SSSR count). The average molecular weight is 407 g/mol. The lowest BCUT2D eigenvalue weighted by Gasteiger charge is -2.13. The number of anilines is 1.